The Kier molecular flexibility index (Phi) is 4.22. The number of rotatable bonds is 4. The summed E-state index contributed by atoms with van der Waals surface area (Å²) in [6, 6.07) is -0.0383. The first-order valence-corrected chi connectivity index (χ1v) is 7.91. The molecule has 0 radical (unpaired) electrons. The molecule has 2 rings (SSSR count). The van der Waals surface area contributed by atoms with E-state index in [1.165, 1.54) is 0 Å². The Balaban J connectivity index is 1.80. The van der Waals surface area contributed by atoms with Gasteiger partial charge in [-0.05, 0) is 35.5 Å². The zero-order valence-corrected chi connectivity index (χ0v) is 13.6. The molecule has 1 saturated heterocycles. The van der Waals surface area contributed by atoms with Gasteiger partial charge in [-0.3, -0.25) is 4.79 Å². The lowest BCUT2D eigenvalue weighted by molar-refractivity contribution is -0.138. The summed E-state index contributed by atoms with van der Waals surface area (Å²) >= 11 is 0. The number of urea groups is 1. The Morgan fingerprint density at radius 1 is 1.24 bits per heavy atom. The fourth-order valence-corrected chi connectivity index (χ4v) is 3.81. The summed E-state index contributed by atoms with van der Waals surface area (Å²) in [5.74, 6) is -0.173. The molecule has 1 aliphatic heterocycles. The van der Waals surface area contributed by atoms with E-state index in [2.05, 4.69) is 33.0 Å². The number of hydrogen-bond acceptors (Lipinski definition) is 2. The number of aliphatic carboxylic acids is 1. The van der Waals surface area contributed by atoms with E-state index in [0.717, 1.165) is 19.4 Å². The number of nitrogens with zero attached hydrogens (tertiary/aromatic N) is 1. The normalized spacial score (nSPS) is 27.2. The van der Waals surface area contributed by atoms with Crippen LogP contribution in [0.4, 0.5) is 4.79 Å². The van der Waals surface area contributed by atoms with Gasteiger partial charge in [0.1, 0.15) is 0 Å². The molecule has 5 nitrogen and oxygen atoms in total. The second-order valence-electron chi connectivity index (χ2n) is 7.73. The minimum absolute atomic E-state index is 0.0383. The van der Waals surface area contributed by atoms with Crippen LogP contribution in [0, 0.1) is 22.7 Å². The van der Waals surface area contributed by atoms with Gasteiger partial charge in [0, 0.05) is 26.1 Å². The lowest BCUT2D eigenvalue weighted by Gasteiger charge is -2.32. The summed E-state index contributed by atoms with van der Waals surface area (Å²) in [6.07, 6.45) is 1.96. The number of piperidine rings is 1. The summed E-state index contributed by atoms with van der Waals surface area (Å²) < 4.78 is 0. The fraction of sp³-hybridized carbons (Fsp3) is 0.875. The number of amides is 2. The molecule has 1 atom stereocenters. The molecule has 2 aliphatic rings. The van der Waals surface area contributed by atoms with Gasteiger partial charge >= 0.3 is 12.0 Å². The first kappa shape index (κ1) is 16.1. The molecule has 2 N–H and O–H groups in total. The van der Waals surface area contributed by atoms with Crippen LogP contribution in [0.3, 0.4) is 0 Å². The Hall–Kier alpha value is -1.26. The monoisotopic (exact) mass is 296 g/mol. The SMILES string of the molecule is CC1(C)C(CNC(=O)N2CCCC(CC(=O)O)C2)C1(C)C. The van der Waals surface area contributed by atoms with E-state index in [9.17, 15) is 9.59 Å². The van der Waals surface area contributed by atoms with Gasteiger partial charge in [0.15, 0.2) is 0 Å². The van der Waals surface area contributed by atoms with Crippen LogP contribution in [0.15, 0.2) is 0 Å². The lowest BCUT2D eigenvalue weighted by atomic mass is 9.95. The van der Waals surface area contributed by atoms with Gasteiger partial charge in [0.05, 0.1) is 0 Å². The van der Waals surface area contributed by atoms with Gasteiger partial charge in [0.25, 0.3) is 0 Å². The lowest BCUT2D eigenvalue weighted by Crippen LogP contribution is -2.46. The van der Waals surface area contributed by atoms with Crippen LogP contribution in [0.5, 0.6) is 0 Å². The third-order valence-corrected chi connectivity index (χ3v) is 6.05. The van der Waals surface area contributed by atoms with Gasteiger partial charge in [-0.2, -0.15) is 0 Å². The molecule has 5 heteroatoms. The highest BCUT2D eigenvalue weighted by Gasteiger charge is 2.64. The van der Waals surface area contributed by atoms with Gasteiger partial charge in [-0.1, -0.05) is 27.7 Å². The summed E-state index contributed by atoms with van der Waals surface area (Å²) in [4.78, 5) is 24.8. The van der Waals surface area contributed by atoms with Gasteiger partial charge in [-0.25, -0.2) is 4.79 Å². The van der Waals surface area contributed by atoms with E-state index in [0.29, 0.717) is 19.0 Å². The van der Waals surface area contributed by atoms with Crippen molar-refractivity contribution in [2.75, 3.05) is 19.6 Å². The van der Waals surface area contributed by atoms with Crippen molar-refractivity contribution in [1.29, 1.82) is 0 Å². The zero-order valence-electron chi connectivity index (χ0n) is 13.6. The fourth-order valence-electron chi connectivity index (χ4n) is 3.81. The van der Waals surface area contributed by atoms with Crippen LogP contribution in [-0.4, -0.2) is 41.6 Å². The number of nitrogens with one attached hydrogen (secondary N) is 1. The maximum Gasteiger partial charge on any atom is 0.317 e. The highest BCUT2D eigenvalue weighted by Crippen LogP contribution is 2.67. The van der Waals surface area contributed by atoms with Crippen LogP contribution in [-0.2, 0) is 4.79 Å². The van der Waals surface area contributed by atoms with Crippen LogP contribution >= 0.6 is 0 Å². The summed E-state index contributed by atoms with van der Waals surface area (Å²) in [6.45, 7) is 11.0. The predicted octanol–water partition coefficient (Wildman–Crippen LogP) is 2.56. The van der Waals surface area contributed by atoms with Crippen molar-refractivity contribution in [1.82, 2.24) is 10.2 Å². The van der Waals surface area contributed by atoms with Gasteiger partial charge in [-0.15, -0.1) is 0 Å². The highest BCUT2D eigenvalue weighted by molar-refractivity contribution is 5.74. The van der Waals surface area contributed by atoms with E-state index in [1.54, 1.807) is 4.90 Å². The Bertz CT molecular complexity index is 417. The first-order chi connectivity index (χ1) is 9.66. The Labute approximate surface area is 127 Å². The molecule has 1 heterocycles. The van der Waals surface area contributed by atoms with Crippen molar-refractivity contribution in [3.63, 3.8) is 0 Å². The number of carboxylic acids is 1. The number of hydrogen-bond donors (Lipinski definition) is 2. The van der Waals surface area contributed by atoms with Crippen molar-refractivity contribution < 1.29 is 14.7 Å². The van der Waals surface area contributed by atoms with E-state index >= 15 is 0 Å². The molecular weight excluding hydrogens is 268 g/mol. The second kappa shape index (κ2) is 5.50. The average molecular weight is 296 g/mol. The maximum absolute atomic E-state index is 12.3. The Morgan fingerprint density at radius 3 is 2.38 bits per heavy atom. The molecule has 0 aromatic carbocycles. The van der Waals surface area contributed by atoms with E-state index in [4.69, 9.17) is 5.11 Å². The molecule has 1 saturated carbocycles. The highest BCUT2D eigenvalue weighted by atomic mass is 16.4. The topological polar surface area (TPSA) is 69.6 Å². The third-order valence-electron chi connectivity index (χ3n) is 6.05. The molecule has 2 fully saturated rings. The number of carboxylic acid groups (broad SMARTS) is 1. The molecule has 0 bridgehead atoms. The minimum atomic E-state index is -0.774. The number of carbonyl (C=O) groups excluding carboxylic acids is 1. The maximum atomic E-state index is 12.3. The Morgan fingerprint density at radius 2 is 1.86 bits per heavy atom. The van der Waals surface area contributed by atoms with Crippen LogP contribution in [0.25, 0.3) is 0 Å². The number of likely N-dealkylation sites (tertiary alicyclic amines) is 1. The summed E-state index contributed by atoms with van der Waals surface area (Å²) in [5, 5.41) is 11.9. The molecule has 1 aliphatic carbocycles. The van der Waals surface area contributed by atoms with Gasteiger partial charge < -0.3 is 15.3 Å². The standard InChI is InChI=1S/C16H28N2O3/c1-15(2)12(16(15,3)4)9-17-14(21)18-7-5-6-11(10-18)8-13(19)20/h11-12H,5-10H2,1-4H3,(H,17,21)(H,19,20). The van der Waals surface area contributed by atoms with Crippen molar-refractivity contribution in [2.45, 2.75) is 47.0 Å². The van der Waals surface area contributed by atoms with Crippen LogP contribution < -0.4 is 5.32 Å². The summed E-state index contributed by atoms with van der Waals surface area (Å²) in [7, 11) is 0. The summed E-state index contributed by atoms with van der Waals surface area (Å²) in [5.41, 5.74) is 0.544. The molecular formula is C16H28N2O3. The van der Waals surface area contributed by atoms with Gasteiger partial charge in [0.2, 0.25) is 0 Å². The zero-order chi connectivity index (χ0) is 15.8. The van der Waals surface area contributed by atoms with Crippen LogP contribution in [0.2, 0.25) is 0 Å². The number of carbonyl (C=O) groups is 2. The largest absolute Gasteiger partial charge is 0.481 e. The van der Waals surface area contributed by atoms with E-state index in [1.807, 2.05) is 0 Å². The molecule has 1 unspecified atom stereocenters. The molecule has 0 spiro atoms. The van der Waals surface area contributed by atoms with E-state index in [-0.39, 0.29) is 29.2 Å². The van der Waals surface area contributed by atoms with E-state index < -0.39 is 5.97 Å². The van der Waals surface area contributed by atoms with Crippen LogP contribution in [0.1, 0.15) is 47.0 Å². The average Bonchev–Trinajstić information content (AvgIpc) is 2.76. The predicted molar refractivity (Wildman–Crippen MR) is 81.0 cm³/mol. The molecule has 0 aromatic rings. The van der Waals surface area contributed by atoms with Crippen molar-refractivity contribution in [3.05, 3.63) is 0 Å². The smallest absolute Gasteiger partial charge is 0.317 e. The molecule has 120 valence electrons. The van der Waals surface area contributed by atoms with Crippen molar-refractivity contribution in [2.24, 2.45) is 22.7 Å². The van der Waals surface area contributed by atoms with Crippen molar-refractivity contribution >= 4 is 12.0 Å². The van der Waals surface area contributed by atoms with Crippen molar-refractivity contribution in [3.8, 4) is 0 Å². The molecule has 21 heavy (non-hydrogen) atoms. The third kappa shape index (κ3) is 3.16. The quantitative estimate of drug-likeness (QED) is 0.837. The first-order valence-electron chi connectivity index (χ1n) is 7.91. The minimum Gasteiger partial charge on any atom is -0.481 e. The second-order valence-corrected chi connectivity index (χ2v) is 7.73. The molecule has 2 amide bonds. The molecule has 0 aromatic heterocycles.